The summed E-state index contributed by atoms with van der Waals surface area (Å²) >= 11 is 0. The highest BCUT2D eigenvalue weighted by Gasteiger charge is 2.51. The Morgan fingerprint density at radius 3 is 2.39 bits per heavy atom. The van der Waals surface area contributed by atoms with E-state index in [4.69, 9.17) is 13.9 Å². The van der Waals surface area contributed by atoms with E-state index in [-0.39, 0.29) is 30.2 Å². The van der Waals surface area contributed by atoms with Gasteiger partial charge in [0.05, 0.1) is 11.5 Å². The molecule has 1 aliphatic heterocycles. The molecule has 1 aromatic carbocycles. The van der Waals surface area contributed by atoms with Gasteiger partial charge in [-0.1, -0.05) is 20.8 Å². The van der Waals surface area contributed by atoms with Crippen LogP contribution in [-0.4, -0.2) is 49.8 Å². The molecule has 0 saturated carbocycles. The summed E-state index contributed by atoms with van der Waals surface area (Å²) in [4.78, 5) is 37.2. The second kappa shape index (κ2) is 10.9. The molecule has 2 rings (SSSR count). The van der Waals surface area contributed by atoms with Crippen LogP contribution in [0.2, 0.25) is 13.1 Å². The van der Waals surface area contributed by atoms with E-state index in [0.29, 0.717) is 18.5 Å². The number of hydrogen-bond acceptors (Lipinski definition) is 7. The first-order chi connectivity index (χ1) is 15.4. The van der Waals surface area contributed by atoms with Gasteiger partial charge >= 0.3 is 12.1 Å². The first kappa shape index (κ1) is 26.5. The van der Waals surface area contributed by atoms with Crippen molar-refractivity contribution in [3.8, 4) is 0 Å². The van der Waals surface area contributed by atoms with Gasteiger partial charge in [0.25, 0.3) is 5.69 Å². The number of benzene rings is 1. The fourth-order valence-corrected chi connectivity index (χ4v) is 4.87. The summed E-state index contributed by atoms with van der Waals surface area (Å²) in [6.45, 7) is 12.7. The molecule has 0 spiro atoms. The van der Waals surface area contributed by atoms with Crippen molar-refractivity contribution in [1.29, 1.82) is 0 Å². The summed E-state index contributed by atoms with van der Waals surface area (Å²) < 4.78 is 17.0. The van der Waals surface area contributed by atoms with Crippen molar-refractivity contribution in [1.82, 2.24) is 4.90 Å². The van der Waals surface area contributed by atoms with Gasteiger partial charge in [-0.3, -0.25) is 15.0 Å². The van der Waals surface area contributed by atoms with Crippen LogP contribution in [0.3, 0.4) is 0 Å². The van der Waals surface area contributed by atoms with E-state index in [1.165, 1.54) is 18.2 Å². The molecule has 10 heteroatoms. The number of rotatable bonds is 8. The molecule has 0 radical (unpaired) electrons. The SMILES string of the molecule is CCOC(=O)C=C[C@@]1(O[SiH](C)C)C[C@H](C(C)(C)C)CN1C(=O)OCc1ccc([N+](=O)[O-])cc1. The number of carbonyl (C=O) groups is 2. The van der Waals surface area contributed by atoms with E-state index in [9.17, 15) is 19.7 Å². The molecular formula is C23H34N2O7Si. The molecule has 0 bridgehead atoms. The lowest BCUT2D eigenvalue weighted by molar-refractivity contribution is -0.384. The van der Waals surface area contributed by atoms with Gasteiger partial charge in [0.2, 0.25) is 0 Å². The highest BCUT2D eigenvalue weighted by molar-refractivity contribution is 6.48. The Labute approximate surface area is 196 Å². The van der Waals surface area contributed by atoms with Crippen LogP contribution in [0.25, 0.3) is 0 Å². The number of non-ortho nitro benzene ring substituents is 1. The van der Waals surface area contributed by atoms with Gasteiger partial charge in [0.1, 0.15) is 6.61 Å². The maximum atomic E-state index is 13.2. The van der Waals surface area contributed by atoms with Gasteiger partial charge in [-0.2, -0.15) is 0 Å². The smallest absolute Gasteiger partial charge is 0.412 e. The first-order valence-corrected chi connectivity index (χ1v) is 13.9. The van der Waals surface area contributed by atoms with Gasteiger partial charge in [-0.15, -0.1) is 0 Å². The minimum atomic E-state index is -1.64. The predicted molar refractivity (Wildman–Crippen MR) is 126 cm³/mol. The fourth-order valence-electron chi connectivity index (χ4n) is 3.75. The number of nitrogens with zero attached hydrogens (tertiary/aromatic N) is 2. The quantitative estimate of drug-likeness (QED) is 0.179. The van der Waals surface area contributed by atoms with Crippen molar-refractivity contribution in [2.75, 3.05) is 13.2 Å². The predicted octanol–water partition coefficient (Wildman–Crippen LogP) is 4.42. The second-order valence-electron chi connectivity index (χ2n) is 9.45. The van der Waals surface area contributed by atoms with Crippen LogP contribution in [0.1, 0.15) is 39.7 Å². The average Bonchev–Trinajstić information content (AvgIpc) is 3.10. The monoisotopic (exact) mass is 478 g/mol. The maximum Gasteiger partial charge on any atom is 0.412 e. The second-order valence-corrected chi connectivity index (χ2v) is 11.8. The number of nitro benzene ring substituents is 1. The van der Waals surface area contributed by atoms with E-state index in [0.717, 1.165) is 0 Å². The number of likely N-dealkylation sites (tertiary alicyclic amines) is 1. The third-order valence-electron chi connectivity index (χ3n) is 5.56. The lowest BCUT2D eigenvalue weighted by Gasteiger charge is -2.37. The lowest BCUT2D eigenvalue weighted by Crippen LogP contribution is -2.50. The van der Waals surface area contributed by atoms with Gasteiger partial charge in [-0.05, 0) is 55.1 Å². The van der Waals surface area contributed by atoms with E-state index in [1.54, 1.807) is 30.0 Å². The first-order valence-electron chi connectivity index (χ1n) is 11.1. The molecule has 1 amide bonds. The van der Waals surface area contributed by atoms with Crippen LogP contribution >= 0.6 is 0 Å². The summed E-state index contributed by atoms with van der Waals surface area (Å²) in [5, 5.41) is 10.8. The van der Waals surface area contributed by atoms with Crippen LogP contribution in [-0.2, 0) is 25.3 Å². The zero-order valence-electron chi connectivity index (χ0n) is 20.2. The number of esters is 1. The lowest BCUT2D eigenvalue weighted by atomic mass is 9.79. The average molecular weight is 479 g/mol. The topological polar surface area (TPSA) is 108 Å². The Morgan fingerprint density at radius 1 is 1.24 bits per heavy atom. The molecular weight excluding hydrogens is 444 g/mol. The van der Waals surface area contributed by atoms with Crippen LogP contribution in [0.4, 0.5) is 10.5 Å². The standard InChI is InChI=1S/C23H34N2O7Si/c1-7-30-20(26)12-13-23(32-33(5)6)14-18(22(2,3)4)15-24(23)21(27)31-16-17-8-10-19(11-9-17)25(28)29/h8-13,18,33H,7,14-16H2,1-6H3/t18-,23+/m0/s1. The Kier molecular flexibility index (Phi) is 8.79. The molecule has 1 saturated heterocycles. The Balaban J connectivity index is 2.29. The number of hydrogen-bond donors (Lipinski definition) is 0. The molecule has 1 fully saturated rings. The molecule has 33 heavy (non-hydrogen) atoms. The Bertz CT molecular complexity index is 880. The summed E-state index contributed by atoms with van der Waals surface area (Å²) in [7, 11) is -1.64. The van der Waals surface area contributed by atoms with E-state index in [1.807, 2.05) is 13.1 Å². The highest BCUT2D eigenvalue weighted by atomic mass is 28.3. The van der Waals surface area contributed by atoms with Gasteiger partial charge in [0.15, 0.2) is 14.8 Å². The molecule has 0 aliphatic carbocycles. The van der Waals surface area contributed by atoms with Gasteiger partial charge in [-0.25, -0.2) is 9.59 Å². The zero-order chi connectivity index (χ0) is 24.8. The largest absolute Gasteiger partial charge is 0.463 e. The summed E-state index contributed by atoms with van der Waals surface area (Å²) in [5.41, 5.74) is -0.598. The minimum absolute atomic E-state index is 0.0314. The van der Waals surface area contributed by atoms with Crippen molar-refractivity contribution in [3.05, 3.63) is 52.1 Å². The van der Waals surface area contributed by atoms with Crippen molar-refractivity contribution >= 4 is 26.8 Å². The molecule has 2 atom stereocenters. The molecule has 1 heterocycles. The Morgan fingerprint density at radius 2 is 1.88 bits per heavy atom. The van der Waals surface area contributed by atoms with Crippen molar-refractivity contribution in [2.45, 2.75) is 59.5 Å². The molecule has 0 aromatic heterocycles. The van der Waals surface area contributed by atoms with Gasteiger partial charge in [0, 0.05) is 31.2 Å². The van der Waals surface area contributed by atoms with Crippen LogP contribution in [0.15, 0.2) is 36.4 Å². The normalized spacial score (nSPS) is 20.9. The summed E-state index contributed by atoms with van der Waals surface area (Å²) in [5.74, 6) is -0.381. The molecule has 1 aliphatic rings. The molecule has 1 aromatic rings. The third-order valence-corrected chi connectivity index (χ3v) is 6.44. The van der Waals surface area contributed by atoms with Crippen LogP contribution in [0.5, 0.6) is 0 Å². The van der Waals surface area contributed by atoms with E-state index >= 15 is 0 Å². The van der Waals surface area contributed by atoms with E-state index < -0.39 is 31.8 Å². The number of carbonyl (C=O) groups excluding carboxylic acids is 2. The number of amides is 1. The molecule has 182 valence electrons. The Hall–Kier alpha value is -2.72. The minimum Gasteiger partial charge on any atom is -0.463 e. The maximum absolute atomic E-state index is 13.2. The molecule has 0 N–H and O–H groups in total. The third kappa shape index (κ3) is 7.13. The fraction of sp³-hybridized carbons (Fsp3) is 0.565. The van der Waals surface area contributed by atoms with E-state index in [2.05, 4.69) is 20.8 Å². The zero-order valence-corrected chi connectivity index (χ0v) is 21.4. The number of nitro groups is 1. The number of ether oxygens (including phenoxy) is 2. The van der Waals surface area contributed by atoms with Crippen molar-refractivity contribution < 1.29 is 28.4 Å². The van der Waals surface area contributed by atoms with Crippen molar-refractivity contribution in [3.63, 3.8) is 0 Å². The van der Waals surface area contributed by atoms with Gasteiger partial charge < -0.3 is 13.9 Å². The molecule has 0 unspecified atom stereocenters. The van der Waals surface area contributed by atoms with Crippen LogP contribution in [0, 0.1) is 21.4 Å². The highest BCUT2D eigenvalue weighted by Crippen LogP contribution is 2.44. The van der Waals surface area contributed by atoms with Crippen LogP contribution < -0.4 is 0 Å². The van der Waals surface area contributed by atoms with Crippen molar-refractivity contribution in [2.24, 2.45) is 11.3 Å². The molecule has 9 nitrogen and oxygen atoms in total. The summed E-state index contributed by atoms with van der Waals surface area (Å²) in [6.07, 6.45) is 2.91. The summed E-state index contributed by atoms with van der Waals surface area (Å²) in [6, 6.07) is 5.85.